The first kappa shape index (κ1) is 16.6. The molecule has 0 fully saturated rings. The van der Waals surface area contributed by atoms with Gasteiger partial charge in [0, 0.05) is 0 Å². The molecule has 0 amide bonds. The molecule has 0 aromatic rings. The molecule has 1 aliphatic carbocycles. The number of allylic oxidation sites excluding steroid dienone is 4. The zero-order chi connectivity index (χ0) is 5.11. The second kappa shape index (κ2) is 9.14. The first-order chi connectivity index (χ1) is 3.43. The van der Waals surface area contributed by atoms with Crippen LogP contribution in [0.5, 0.6) is 0 Å². The number of hydrogen-bond donors (Lipinski definition) is 0. The number of halogens is 3. The Morgan fingerprint density at radius 3 is 2.10 bits per heavy atom. The minimum atomic E-state index is -0.221. The van der Waals surface area contributed by atoms with Gasteiger partial charge in [-0.25, -0.2) is 0 Å². The fourth-order valence-corrected chi connectivity index (χ4v) is 2.73. The van der Waals surface area contributed by atoms with E-state index in [1.807, 2.05) is 0 Å². The Balaban J connectivity index is -0.000000163. The molecule has 0 bridgehead atoms. The first-order valence-corrected chi connectivity index (χ1v) is 7.86. The molecule has 0 unspecified atom stereocenters. The number of rotatable bonds is 1. The molecule has 0 heterocycles. The molecule has 0 saturated heterocycles. The van der Waals surface area contributed by atoms with E-state index in [1.165, 1.54) is 6.42 Å². The zero-order valence-corrected chi connectivity index (χ0v) is 9.26. The van der Waals surface area contributed by atoms with Gasteiger partial charge in [0.05, 0.1) is 0 Å². The van der Waals surface area contributed by atoms with E-state index in [2.05, 4.69) is 22.9 Å². The summed E-state index contributed by atoms with van der Waals surface area (Å²) in [5, 5.41) is 0. The molecule has 0 radical (unpaired) electrons. The van der Waals surface area contributed by atoms with Crippen LogP contribution in [0.4, 0.5) is 14.1 Å². The van der Waals surface area contributed by atoms with E-state index in [-0.39, 0.29) is 37.0 Å². The molecule has 0 N–H and O–H groups in total. The molecule has 0 aromatic heterocycles. The molecule has 1 rings (SSSR count). The maximum atomic E-state index is 2.39. The molecular weight excluding hydrogens is 308 g/mol. The molecule has 0 atom stereocenters. The third-order valence-electron chi connectivity index (χ3n) is 1.09. The van der Waals surface area contributed by atoms with Crippen LogP contribution in [-0.2, 0) is 22.9 Å². The van der Waals surface area contributed by atoms with Gasteiger partial charge in [-0.15, -0.1) is 0 Å². The summed E-state index contributed by atoms with van der Waals surface area (Å²) in [6, 6.07) is 0. The van der Waals surface area contributed by atoms with Crippen molar-refractivity contribution in [2.24, 2.45) is 0 Å². The van der Waals surface area contributed by atoms with Crippen molar-refractivity contribution in [1.29, 1.82) is 0 Å². The minimum absolute atomic E-state index is 0. The van der Waals surface area contributed by atoms with Gasteiger partial charge in [0.15, 0.2) is 0 Å². The summed E-state index contributed by atoms with van der Waals surface area (Å²) < 4.78 is 4.14. The van der Waals surface area contributed by atoms with Crippen LogP contribution in [0.25, 0.3) is 0 Å². The summed E-state index contributed by atoms with van der Waals surface area (Å²) >= 11 is -0.221. The van der Waals surface area contributed by atoms with Crippen molar-refractivity contribution in [1.82, 2.24) is 0 Å². The molecule has 4 heteroatoms. The predicted octanol–water partition coefficient (Wildman–Crippen LogP) is 2.42. The van der Waals surface area contributed by atoms with Gasteiger partial charge in [-0.1, -0.05) is 0 Å². The van der Waals surface area contributed by atoms with E-state index in [9.17, 15) is 0 Å². The Hall–Kier alpha value is 0.140. The van der Waals surface area contributed by atoms with Crippen LogP contribution in [0.1, 0.15) is 6.42 Å². The summed E-state index contributed by atoms with van der Waals surface area (Å²) in [5.74, 6) is 0. The summed E-state index contributed by atoms with van der Waals surface area (Å²) in [4.78, 5) is 0. The first-order valence-electron chi connectivity index (χ1n) is 2.47. The summed E-state index contributed by atoms with van der Waals surface area (Å²) in [7, 11) is 0. The van der Waals surface area contributed by atoms with Crippen LogP contribution in [0.15, 0.2) is 21.6 Å². The molecule has 0 spiro atoms. The normalized spacial score (nSPS) is 11.9. The van der Waals surface area contributed by atoms with E-state index in [0.717, 1.165) is 0 Å². The van der Waals surface area contributed by atoms with E-state index >= 15 is 0 Å². The quantitative estimate of drug-likeness (QED) is 0.651. The summed E-state index contributed by atoms with van der Waals surface area (Å²) in [5.41, 5.74) is 0. The Bertz CT molecular complexity index is 120. The molecule has 1 aliphatic rings. The van der Waals surface area contributed by atoms with Crippen LogP contribution in [-0.4, -0.2) is 0 Å². The van der Waals surface area contributed by atoms with Crippen molar-refractivity contribution < 1.29 is 37.0 Å². The predicted molar refractivity (Wildman–Crippen MR) is 35.2 cm³/mol. The van der Waals surface area contributed by atoms with Crippen LogP contribution in [0.3, 0.4) is 0 Å². The molecule has 0 nitrogen and oxygen atoms in total. The SMILES string of the molecule is F.F.F.[CH3][Hf][C]1=CC=CC1. The molecular formula is C6H11F3Hf. The van der Waals surface area contributed by atoms with Crippen LogP contribution < -0.4 is 0 Å². The second-order valence-corrected chi connectivity index (χ2v) is 5.68. The van der Waals surface area contributed by atoms with Crippen molar-refractivity contribution >= 4 is 0 Å². The summed E-state index contributed by atoms with van der Waals surface area (Å²) in [6.45, 7) is 0. The van der Waals surface area contributed by atoms with E-state index in [0.29, 0.717) is 0 Å². The van der Waals surface area contributed by atoms with Gasteiger partial charge in [0.25, 0.3) is 0 Å². The zero-order valence-electron chi connectivity index (χ0n) is 5.66. The molecule has 0 aliphatic heterocycles. The standard InChI is InChI=1S/C5H5.CH3.3FH.Hf/c1-2-4-5-3-1;;;;;/h1-3H,4H2;1H3;3*1H;. The fraction of sp³-hybridized carbons (Fsp3) is 0.333. The summed E-state index contributed by atoms with van der Waals surface area (Å²) in [6.07, 6.45) is 7.97. The average Bonchev–Trinajstić information content (AvgIpc) is 2.14. The van der Waals surface area contributed by atoms with Crippen molar-refractivity contribution in [3.63, 3.8) is 0 Å². The van der Waals surface area contributed by atoms with Crippen LogP contribution >= 0.6 is 0 Å². The van der Waals surface area contributed by atoms with Gasteiger partial charge in [-0.2, -0.15) is 0 Å². The maximum absolute atomic E-state index is 2.39. The van der Waals surface area contributed by atoms with Gasteiger partial charge < -0.3 is 0 Å². The fourth-order valence-electron chi connectivity index (χ4n) is 0.633. The van der Waals surface area contributed by atoms with E-state index in [4.69, 9.17) is 0 Å². The molecule has 60 valence electrons. The van der Waals surface area contributed by atoms with Crippen molar-refractivity contribution in [2.75, 3.05) is 0 Å². The Kier molecular flexibility index (Phi) is 15.2. The van der Waals surface area contributed by atoms with Crippen LogP contribution in [0.2, 0.25) is 4.68 Å². The van der Waals surface area contributed by atoms with Gasteiger partial charge >= 0.3 is 55.6 Å². The monoisotopic (exact) mass is 320 g/mol. The third kappa shape index (κ3) is 4.97. The Morgan fingerprint density at radius 2 is 1.90 bits per heavy atom. The van der Waals surface area contributed by atoms with Crippen molar-refractivity contribution in [2.45, 2.75) is 11.1 Å². The van der Waals surface area contributed by atoms with E-state index in [1.54, 1.807) is 3.33 Å². The van der Waals surface area contributed by atoms with Gasteiger partial charge in [0.2, 0.25) is 0 Å². The van der Waals surface area contributed by atoms with Crippen LogP contribution in [0, 0.1) is 0 Å². The average molecular weight is 319 g/mol. The Morgan fingerprint density at radius 1 is 1.30 bits per heavy atom. The van der Waals surface area contributed by atoms with Gasteiger partial charge in [-0.3, -0.25) is 14.1 Å². The van der Waals surface area contributed by atoms with Crippen molar-refractivity contribution in [3.05, 3.63) is 21.6 Å². The Labute approximate surface area is 69.8 Å². The molecule has 10 heavy (non-hydrogen) atoms. The van der Waals surface area contributed by atoms with Crippen molar-refractivity contribution in [3.8, 4) is 0 Å². The molecule has 0 aromatic carbocycles. The van der Waals surface area contributed by atoms with Gasteiger partial charge in [-0.05, 0) is 0 Å². The van der Waals surface area contributed by atoms with Gasteiger partial charge in [0.1, 0.15) is 0 Å². The number of hydrogen-bond acceptors (Lipinski definition) is 0. The second-order valence-electron chi connectivity index (χ2n) is 1.57. The van der Waals surface area contributed by atoms with E-state index < -0.39 is 0 Å². The molecule has 0 saturated carbocycles. The third-order valence-corrected chi connectivity index (χ3v) is 4.73. The topological polar surface area (TPSA) is 0 Å².